The Hall–Kier alpha value is 0.531. The second kappa shape index (κ2) is 13.0. The smallest absolute Gasteiger partial charge is 0.317 e. The molecule has 0 spiro atoms. The molecule has 1 aliphatic rings. The Morgan fingerprint density at radius 1 is 0.407 bits per heavy atom. The van der Waals surface area contributed by atoms with Crippen molar-refractivity contribution < 1.29 is 12.3 Å². The van der Waals surface area contributed by atoms with E-state index in [1.54, 1.807) is 0 Å². The van der Waals surface area contributed by atoms with Crippen molar-refractivity contribution in [1.29, 1.82) is 0 Å². The lowest BCUT2D eigenvalue weighted by Crippen LogP contribution is -2.67. The van der Waals surface area contributed by atoms with Gasteiger partial charge in [0.2, 0.25) is 0 Å². The van der Waals surface area contributed by atoms with Crippen molar-refractivity contribution >= 4 is 25.7 Å². The largest absolute Gasteiger partial charge is 0.416 e. The number of hydrogen-bond acceptors (Lipinski definition) is 3. The molecule has 0 unspecified atom stereocenters. The molecule has 1 rings (SSSR count). The topological polar surface area (TPSA) is 27.7 Å². The second-order valence-corrected chi connectivity index (χ2v) is 19.9. The first-order chi connectivity index (χ1) is 12.8. The van der Waals surface area contributed by atoms with Gasteiger partial charge in [-0.05, 0) is 37.8 Å². The van der Waals surface area contributed by atoms with Gasteiger partial charge in [0.05, 0.1) is 0 Å². The van der Waals surface area contributed by atoms with Crippen LogP contribution in [0.4, 0.5) is 0 Å². The first kappa shape index (κ1) is 25.6. The molecule has 162 valence electrons. The highest BCUT2D eigenvalue weighted by Crippen LogP contribution is 2.39. The van der Waals surface area contributed by atoms with Gasteiger partial charge in [0.25, 0.3) is 0 Å². The average Bonchev–Trinajstić information content (AvgIpc) is 2.58. The summed E-state index contributed by atoms with van der Waals surface area (Å²) in [6.45, 7) is 13.9. The fourth-order valence-electron chi connectivity index (χ4n) is 4.36. The molecular formula is C21H48O3Si3. The molecule has 6 heteroatoms. The third-order valence-corrected chi connectivity index (χ3v) is 19.9. The third-order valence-electron chi connectivity index (χ3n) is 5.75. The van der Waals surface area contributed by atoms with Crippen LogP contribution in [0.15, 0.2) is 0 Å². The van der Waals surface area contributed by atoms with Crippen LogP contribution in [-0.2, 0) is 12.3 Å². The molecule has 0 aliphatic carbocycles. The predicted octanol–water partition coefficient (Wildman–Crippen LogP) is 8.01. The van der Waals surface area contributed by atoms with Gasteiger partial charge in [-0.3, -0.25) is 0 Å². The lowest BCUT2D eigenvalue weighted by Gasteiger charge is -2.50. The molecule has 0 saturated carbocycles. The van der Waals surface area contributed by atoms with E-state index in [-0.39, 0.29) is 0 Å². The molecule has 0 aromatic carbocycles. The highest BCUT2D eigenvalue weighted by molar-refractivity contribution is 6.93. The molecular weight excluding hydrogens is 384 g/mol. The van der Waals surface area contributed by atoms with E-state index in [9.17, 15) is 0 Å². The fraction of sp³-hybridized carbons (Fsp3) is 1.00. The van der Waals surface area contributed by atoms with Gasteiger partial charge in [0.15, 0.2) is 0 Å². The van der Waals surface area contributed by atoms with Crippen LogP contribution in [0.5, 0.6) is 0 Å². The minimum atomic E-state index is -2.10. The molecule has 0 bridgehead atoms. The highest BCUT2D eigenvalue weighted by atomic mass is 28.5. The van der Waals surface area contributed by atoms with Gasteiger partial charge < -0.3 is 12.3 Å². The Balaban J connectivity index is 2.74. The van der Waals surface area contributed by atoms with Gasteiger partial charge >= 0.3 is 25.7 Å². The lowest BCUT2D eigenvalue weighted by atomic mass is 10.2. The van der Waals surface area contributed by atoms with Crippen LogP contribution in [0.3, 0.4) is 0 Å². The van der Waals surface area contributed by atoms with Crippen LogP contribution >= 0.6 is 0 Å². The predicted molar refractivity (Wildman–Crippen MR) is 125 cm³/mol. The van der Waals surface area contributed by atoms with Crippen LogP contribution in [-0.4, -0.2) is 25.7 Å². The molecule has 0 amide bonds. The van der Waals surface area contributed by atoms with Crippen LogP contribution in [0.25, 0.3) is 0 Å². The first-order valence-corrected chi connectivity index (χ1v) is 19.5. The normalized spacial score (nSPS) is 31.3. The van der Waals surface area contributed by atoms with Crippen molar-refractivity contribution in [2.45, 2.75) is 136 Å². The quantitative estimate of drug-likeness (QED) is 0.194. The SMILES string of the molecule is CCCCCC[Si]1(C)O[Si](C)(CCCCCC)O[Si](C)(CCCCCC)O1. The Morgan fingerprint density at radius 3 is 0.889 bits per heavy atom. The summed E-state index contributed by atoms with van der Waals surface area (Å²) in [6.07, 6.45) is 15.6. The van der Waals surface area contributed by atoms with E-state index >= 15 is 0 Å². The lowest BCUT2D eigenvalue weighted by molar-refractivity contribution is 0.219. The van der Waals surface area contributed by atoms with Crippen LogP contribution in [0, 0.1) is 0 Å². The van der Waals surface area contributed by atoms with E-state index in [0.29, 0.717) is 0 Å². The zero-order valence-corrected chi connectivity index (χ0v) is 22.3. The Bertz CT molecular complexity index is 330. The summed E-state index contributed by atoms with van der Waals surface area (Å²) in [5, 5.41) is 0. The number of rotatable bonds is 15. The molecule has 1 fully saturated rings. The number of hydrogen-bond donors (Lipinski definition) is 0. The van der Waals surface area contributed by atoms with Crippen molar-refractivity contribution in [3.05, 3.63) is 0 Å². The zero-order chi connectivity index (χ0) is 20.2. The van der Waals surface area contributed by atoms with Crippen molar-refractivity contribution in [1.82, 2.24) is 0 Å². The van der Waals surface area contributed by atoms with E-state index in [1.165, 1.54) is 77.0 Å². The Kier molecular flexibility index (Phi) is 12.3. The molecule has 0 N–H and O–H groups in total. The van der Waals surface area contributed by atoms with E-state index in [4.69, 9.17) is 12.3 Å². The second-order valence-electron chi connectivity index (χ2n) is 9.14. The van der Waals surface area contributed by atoms with Crippen LogP contribution < -0.4 is 0 Å². The summed E-state index contributed by atoms with van der Waals surface area (Å²) >= 11 is 0. The minimum Gasteiger partial charge on any atom is -0.416 e. The standard InChI is InChI=1S/C21H48O3Si3/c1-7-10-13-16-19-25(4)22-26(5,20-17-14-11-8-2)24-27(6,23-25)21-18-15-12-9-3/h7-21H2,1-6H3. The van der Waals surface area contributed by atoms with E-state index in [1.807, 2.05) is 0 Å². The van der Waals surface area contributed by atoms with E-state index < -0.39 is 25.7 Å². The molecule has 0 atom stereocenters. The third kappa shape index (κ3) is 10.2. The first-order valence-electron chi connectivity index (χ1n) is 11.9. The van der Waals surface area contributed by atoms with E-state index in [2.05, 4.69) is 40.4 Å². The highest BCUT2D eigenvalue weighted by Gasteiger charge is 2.55. The minimum absolute atomic E-state index is 1.16. The molecule has 0 aromatic rings. The molecule has 0 radical (unpaired) electrons. The summed E-state index contributed by atoms with van der Waals surface area (Å²) in [7, 11) is -6.29. The zero-order valence-electron chi connectivity index (χ0n) is 19.3. The Morgan fingerprint density at radius 2 is 0.667 bits per heavy atom. The molecule has 3 nitrogen and oxygen atoms in total. The summed E-state index contributed by atoms with van der Waals surface area (Å²) in [6, 6.07) is 3.47. The van der Waals surface area contributed by atoms with Gasteiger partial charge in [-0.25, -0.2) is 0 Å². The van der Waals surface area contributed by atoms with Crippen LogP contribution in [0.2, 0.25) is 37.8 Å². The van der Waals surface area contributed by atoms with Gasteiger partial charge in [0.1, 0.15) is 0 Å². The molecule has 1 aliphatic heterocycles. The maximum atomic E-state index is 6.81. The van der Waals surface area contributed by atoms with Gasteiger partial charge in [-0.15, -0.1) is 0 Å². The maximum absolute atomic E-state index is 6.81. The Labute approximate surface area is 173 Å². The summed E-state index contributed by atoms with van der Waals surface area (Å²) in [5.41, 5.74) is 0. The van der Waals surface area contributed by atoms with Crippen molar-refractivity contribution in [3.8, 4) is 0 Å². The monoisotopic (exact) mass is 432 g/mol. The van der Waals surface area contributed by atoms with Crippen molar-refractivity contribution in [3.63, 3.8) is 0 Å². The molecule has 0 aromatic heterocycles. The molecule has 1 heterocycles. The number of unbranched alkanes of at least 4 members (excludes halogenated alkanes) is 9. The summed E-state index contributed by atoms with van der Waals surface area (Å²) in [5.74, 6) is 0. The summed E-state index contributed by atoms with van der Waals surface area (Å²) in [4.78, 5) is 0. The van der Waals surface area contributed by atoms with Gasteiger partial charge in [-0.2, -0.15) is 0 Å². The van der Waals surface area contributed by atoms with Gasteiger partial charge in [-0.1, -0.05) is 97.8 Å². The molecule has 1 saturated heterocycles. The fourth-order valence-corrected chi connectivity index (χ4v) is 22.1. The van der Waals surface area contributed by atoms with Crippen molar-refractivity contribution in [2.24, 2.45) is 0 Å². The molecule has 27 heavy (non-hydrogen) atoms. The average molecular weight is 433 g/mol. The summed E-state index contributed by atoms with van der Waals surface area (Å²) < 4.78 is 20.4. The van der Waals surface area contributed by atoms with E-state index in [0.717, 1.165) is 18.1 Å². The van der Waals surface area contributed by atoms with Crippen molar-refractivity contribution in [2.75, 3.05) is 0 Å². The van der Waals surface area contributed by atoms with Gasteiger partial charge in [0, 0.05) is 0 Å². The van der Waals surface area contributed by atoms with Crippen LogP contribution in [0.1, 0.15) is 97.8 Å². The maximum Gasteiger partial charge on any atom is 0.317 e.